The van der Waals surface area contributed by atoms with Crippen LogP contribution in [-0.4, -0.2) is 19.1 Å². The zero-order valence-electron chi connectivity index (χ0n) is 13.9. The second kappa shape index (κ2) is 9.94. The summed E-state index contributed by atoms with van der Waals surface area (Å²) in [5, 5.41) is 2.49. The molecule has 2 rings (SSSR count). The maximum atomic E-state index is 13.2. The summed E-state index contributed by atoms with van der Waals surface area (Å²) in [7, 11) is 0. The fourth-order valence-corrected chi connectivity index (χ4v) is 1.99. The third-order valence-corrected chi connectivity index (χ3v) is 3.30. The fraction of sp³-hybridized carbons (Fsp3) is 0.167. The maximum Gasteiger partial charge on any atom is 0.416 e. The number of amides is 1. The highest BCUT2D eigenvalue weighted by atomic mass is 35.5. The molecule has 0 radical (unpaired) electrons. The van der Waals surface area contributed by atoms with E-state index in [9.17, 15) is 22.4 Å². The van der Waals surface area contributed by atoms with E-state index in [1.807, 2.05) is 0 Å². The van der Waals surface area contributed by atoms with E-state index in [1.54, 1.807) is 0 Å². The molecule has 9 heteroatoms. The molecule has 0 heterocycles. The highest BCUT2D eigenvalue weighted by Gasteiger charge is 2.29. The van der Waals surface area contributed by atoms with E-state index in [0.717, 1.165) is 12.1 Å². The van der Waals surface area contributed by atoms with E-state index in [1.165, 1.54) is 42.5 Å². The summed E-state index contributed by atoms with van der Waals surface area (Å²) in [4.78, 5) is 12.1. The zero-order valence-corrected chi connectivity index (χ0v) is 14.7. The molecule has 0 spiro atoms. The minimum Gasteiger partial charge on any atom is -0.487 e. The summed E-state index contributed by atoms with van der Waals surface area (Å²) in [5.74, 6) is -0.640. The molecule has 2 aromatic carbocycles. The summed E-state index contributed by atoms with van der Waals surface area (Å²) < 4.78 is 55.9. The van der Waals surface area contributed by atoms with Gasteiger partial charge in [0.1, 0.15) is 18.2 Å². The maximum absolute atomic E-state index is 13.2. The third-order valence-electron chi connectivity index (χ3n) is 3.30. The molecule has 0 aliphatic rings. The number of hydrogen-bond donors (Lipinski definition) is 2. The van der Waals surface area contributed by atoms with Gasteiger partial charge >= 0.3 is 6.18 Å². The Hall–Kier alpha value is -2.58. The topological polar surface area (TPSA) is 64.3 Å². The molecule has 0 aromatic heterocycles. The van der Waals surface area contributed by atoms with Crippen LogP contribution in [0.4, 0.5) is 23.2 Å². The van der Waals surface area contributed by atoms with Gasteiger partial charge in [-0.1, -0.05) is 0 Å². The molecule has 0 bridgehead atoms. The smallest absolute Gasteiger partial charge is 0.416 e. The van der Waals surface area contributed by atoms with Gasteiger partial charge < -0.3 is 15.8 Å². The van der Waals surface area contributed by atoms with Crippen molar-refractivity contribution < 1.29 is 27.1 Å². The van der Waals surface area contributed by atoms with Crippen LogP contribution in [0.5, 0.6) is 5.75 Å². The second-order valence-electron chi connectivity index (χ2n) is 5.23. The monoisotopic (exact) mass is 404 g/mol. The van der Waals surface area contributed by atoms with Crippen LogP contribution in [0.2, 0.25) is 0 Å². The summed E-state index contributed by atoms with van der Waals surface area (Å²) in [6, 6.07) is 9.99. The van der Waals surface area contributed by atoms with Gasteiger partial charge in [0.15, 0.2) is 0 Å². The number of rotatable bonds is 6. The van der Waals surface area contributed by atoms with E-state index < -0.39 is 23.5 Å². The number of alkyl halides is 3. The Bertz CT molecular complexity index is 775. The van der Waals surface area contributed by atoms with Crippen LogP contribution < -0.4 is 15.8 Å². The van der Waals surface area contributed by atoms with Crippen molar-refractivity contribution in [1.29, 1.82) is 0 Å². The van der Waals surface area contributed by atoms with Crippen LogP contribution >= 0.6 is 12.4 Å². The predicted octanol–water partition coefficient (Wildman–Crippen LogP) is 4.57. The summed E-state index contributed by atoms with van der Waals surface area (Å²) in [6.07, 6.45) is -3.25. The fourth-order valence-electron chi connectivity index (χ4n) is 1.99. The van der Waals surface area contributed by atoms with E-state index in [2.05, 4.69) is 5.32 Å². The predicted molar refractivity (Wildman–Crippen MR) is 96.8 cm³/mol. The second-order valence-corrected chi connectivity index (χ2v) is 5.23. The van der Waals surface area contributed by atoms with E-state index in [-0.39, 0.29) is 36.8 Å². The first-order chi connectivity index (χ1) is 12.3. The van der Waals surface area contributed by atoms with Crippen molar-refractivity contribution in [2.24, 2.45) is 5.73 Å². The molecule has 0 aliphatic carbocycles. The average Bonchev–Trinajstić information content (AvgIpc) is 2.60. The van der Waals surface area contributed by atoms with Gasteiger partial charge in [-0.25, -0.2) is 4.39 Å². The molecular formula is C18H17ClF4N2O2. The van der Waals surface area contributed by atoms with Gasteiger partial charge in [-0.3, -0.25) is 4.79 Å². The Kier molecular flexibility index (Phi) is 8.27. The number of hydrogen-bond acceptors (Lipinski definition) is 3. The van der Waals surface area contributed by atoms with Crippen LogP contribution in [-0.2, 0) is 6.18 Å². The molecule has 0 unspecified atom stereocenters. The van der Waals surface area contributed by atoms with Gasteiger partial charge in [-0.15, -0.1) is 12.4 Å². The van der Waals surface area contributed by atoms with Crippen LogP contribution in [0.15, 0.2) is 60.4 Å². The van der Waals surface area contributed by atoms with Gasteiger partial charge in [-0.05, 0) is 54.6 Å². The third kappa shape index (κ3) is 6.92. The summed E-state index contributed by atoms with van der Waals surface area (Å²) in [5.41, 5.74) is 4.88. The van der Waals surface area contributed by atoms with E-state index >= 15 is 0 Å². The Morgan fingerprint density at radius 1 is 1.07 bits per heavy atom. The molecule has 0 atom stereocenters. The summed E-state index contributed by atoms with van der Waals surface area (Å²) in [6.45, 7) is -0.202. The number of halogens is 5. The van der Waals surface area contributed by atoms with Crippen molar-refractivity contribution in [3.05, 3.63) is 71.6 Å². The van der Waals surface area contributed by atoms with Crippen molar-refractivity contribution in [2.45, 2.75) is 6.18 Å². The first-order valence-electron chi connectivity index (χ1n) is 7.55. The van der Waals surface area contributed by atoms with Gasteiger partial charge in [0.25, 0.3) is 5.91 Å². The lowest BCUT2D eigenvalue weighted by atomic mass is 10.1. The zero-order chi connectivity index (χ0) is 19.2. The standard InChI is InChI=1S/C18H16F4N2O2.ClH/c19-14(9-10-23)11-26-16-7-1-12(2-8-16)17(25)24-15-5-3-13(4-6-15)18(20,21)22;/h1-9H,10-11,23H2,(H,24,25);1H/b14-9+;. The lowest BCUT2D eigenvalue weighted by Gasteiger charge is -2.09. The van der Waals surface area contributed by atoms with Crippen molar-refractivity contribution in [2.75, 3.05) is 18.5 Å². The molecule has 27 heavy (non-hydrogen) atoms. The lowest BCUT2D eigenvalue weighted by molar-refractivity contribution is -0.137. The first kappa shape index (κ1) is 22.5. The lowest BCUT2D eigenvalue weighted by Crippen LogP contribution is -2.12. The Balaban J connectivity index is 0.00000364. The van der Waals surface area contributed by atoms with E-state index in [4.69, 9.17) is 10.5 Å². The molecule has 1 amide bonds. The Morgan fingerprint density at radius 2 is 1.67 bits per heavy atom. The van der Waals surface area contributed by atoms with Crippen LogP contribution in [0.3, 0.4) is 0 Å². The number of nitrogens with one attached hydrogen (secondary N) is 1. The van der Waals surface area contributed by atoms with Crippen molar-refractivity contribution in [1.82, 2.24) is 0 Å². The molecule has 146 valence electrons. The molecular weight excluding hydrogens is 388 g/mol. The van der Waals surface area contributed by atoms with Crippen molar-refractivity contribution >= 4 is 24.0 Å². The molecule has 0 saturated heterocycles. The highest BCUT2D eigenvalue weighted by molar-refractivity contribution is 6.04. The van der Waals surface area contributed by atoms with Gasteiger partial charge in [0, 0.05) is 17.8 Å². The largest absolute Gasteiger partial charge is 0.487 e. The quantitative estimate of drug-likeness (QED) is 0.693. The summed E-state index contributed by atoms with van der Waals surface area (Å²) >= 11 is 0. The molecule has 0 fully saturated rings. The highest BCUT2D eigenvalue weighted by Crippen LogP contribution is 2.29. The normalized spacial score (nSPS) is 11.5. The number of carbonyl (C=O) groups is 1. The van der Waals surface area contributed by atoms with Crippen LogP contribution in [0.25, 0.3) is 0 Å². The molecule has 2 aromatic rings. The number of ether oxygens (including phenoxy) is 1. The van der Waals surface area contributed by atoms with Crippen LogP contribution in [0, 0.1) is 0 Å². The molecule has 0 aliphatic heterocycles. The van der Waals surface area contributed by atoms with Crippen molar-refractivity contribution in [3.8, 4) is 5.75 Å². The number of benzene rings is 2. The van der Waals surface area contributed by atoms with Crippen LogP contribution in [0.1, 0.15) is 15.9 Å². The number of carbonyl (C=O) groups excluding carboxylic acids is 1. The molecule has 0 saturated carbocycles. The number of nitrogens with two attached hydrogens (primary N) is 1. The SMILES string of the molecule is Cl.NC/C=C(/F)COc1ccc(C(=O)Nc2ccc(C(F)(F)F)cc2)cc1. The van der Waals surface area contributed by atoms with Gasteiger partial charge in [0.05, 0.1) is 5.56 Å². The minimum absolute atomic E-state index is 0. The Labute approximate surface area is 159 Å². The minimum atomic E-state index is -4.43. The number of anilines is 1. The Morgan fingerprint density at radius 3 is 2.19 bits per heavy atom. The van der Waals surface area contributed by atoms with Crippen molar-refractivity contribution in [3.63, 3.8) is 0 Å². The van der Waals surface area contributed by atoms with Gasteiger partial charge in [-0.2, -0.15) is 13.2 Å². The first-order valence-corrected chi connectivity index (χ1v) is 7.55. The average molecular weight is 405 g/mol. The molecule has 4 nitrogen and oxygen atoms in total. The van der Waals surface area contributed by atoms with Gasteiger partial charge in [0.2, 0.25) is 0 Å². The molecule has 3 N–H and O–H groups in total. The van der Waals surface area contributed by atoms with E-state index in [0.29, 0.717) is 5.75 Å².